The molecule has 2 aromatic rings. The van der Waals surface area contributed by atoms with Crippen molar-refractivity contribution in [3.8, 4) is 11.8 Å². The lowest BCUT2D eigenvalue weighted by Crippen LogP contribution is -2.37. The molecule has 0 saturated carbocycles. The normalized spacial score (nSPS) is 21.8. The maximum absolute atomic E-state index is 9.02. The smallest absolute Gasteiger partial charge is 0.136 e. The summed E-state index contributed by atoms with van der Waals surface area (Å²) in [6.07, 6.45) is 1.51. The monoisotopic (exact) mass is 356 g/mol. The molecule has 1 saturated heterocycles. The van der Waals surface area contributed by atoms with E-state index in [1.54, 1.807) is 12.1 Å². The Morgan fingerprint density at radius 2 is 2.24 bits per heavy atom. The van der Waals surface area contributed by atoms with Crippen LogP contribution in [-0.4, -0.2) is 24.8 Å². The zero-order chi connectivity index (χ0) is 17.3. The molecule has 4 rings (SSSR count). The topological polar surface area (TPSA) is 64.4 Å². The third kappa shape index (κ3) is 3.09. The maximum atomic E-state index is 9.02. The van der Waals surface area contributed by atoms with E-state index in [-0.39, 0.29) is 0 Å². The zero-order valence-electron chi connectivity index (χ0n) is 13.6. The summed E-state index contributed by atoms with van der Waals surface area (Å²) in [7, 11) is 0. The van der Waals surface area contributed by atoms with E-state index in [1.807, 2.05) is 18.2 Å². The van der Waals surface area contributed by atoms with E-state index in [2.05, 4.69) is 11.1 Å². The van der Waals surface area contributed by atoms with Crippen molar-refractivity contribution in [1.29, 1.82) is 5.26 Å². The van der Waals surface area contributed by atoms with Crippen molar-refractivity contribution < 1.29 is 14.2 Å². The van der Waals surface area contributed by atoms with Gasteiger partial charge in [-0.2, -0.15) is 5.26 Å². The third-order valence-electron chi connectivity index (χ3n) is 4.65. The van der Waals surface area contributed by atoms with Crippen LogP contribution >= 0.6 is 11.6 Å². The van der Waals surface area contributed by atoms with Crippen LogP contribution < -0.4 is 4.74 Å². The highest BCUT2D eigenvalue weighted by Gasteiger charge is 2.44. The fraction of sp³-hybridized carbons (Fsp3) is 0.368. The summed E-state index contributed by atoms with van der Waals surface area (Å²) in [4.78, 5) is 4.53. The number of nitrogens with zero attached hydrogens (tertiary/aromatic N) is 2. The molecule has 1 fully saturated rings. The molecular formula is C19H17ClN2O3. The van der Waals surface area contributed by atoms with Gasteiger partial charge >= 0.3 is 0 Å². The minimum Gasteiger partial charge on any atom is -0.488 e. The van der Waals surface area contributed by atoms with E-state index in [9.17, 15) is 0 Å². The predicted octanol–water partition coefficient (Wildman–Crippen LogP) is 3.37. The Labute approximate surface area is 151 Å². The Balaban J connectivity index is 1.64. The van der Waals surface area contributed by atoms with Crippen molar-refractivity contribution in [2.24, 2.45) is 0 Å². The molecule has 1 unspecified atom stereocenters. The van der Waals surface area contributed by atoms with E-state index in [1.165, 1.54) is 0 Å². The molecule has 2 aliphatic rings. The van der Waals surface area contributed by atoms with Crippen LogP contribution in [0.25, 0.3) is 0 Å². The van der Waals surface area contributed by atoms with Crippen LogP contribution in [0.5, 0.6) is 5.75 Å². The zero-order valence-corrected chi connectivity index (χ0v) is 14.4. The summed E-state index contributed by atoms with van der Waals surface area (Å²) in [6.45, 7) is 2.13. The molecule has 0 aliphatic carbocycles. The first kappa shape index (κ1) is 16.3. The molecule has 1 atom stereocenters. The first-order chi connectivity index (χ1) is 12.2. The van der Waals surface area contributed by atoms with Gasteiger partial charge in [0, 0.05) is 31.1 Å². The summed E-state index contributed by atoms with van der Waals surface area (Å²) in [5.74, 6) is 0.729. The Kier molecular flexibility index (Phi) is 4.34. The number of pyridine rings is 1. The summed E-state index contributed by atoms with van der Waals surface area (Å²) in [5.41, 5.74) is 2.93. The minimum absolute atomic E-state index is 0.368. The molecule has 3 heterocycles. The third-order valence-corrected chi connectivity index (χ3v) is 4.84. The van der Waals surface area contributed by atoms with Gasteiger partial charge < -0.3 is 14.2 Å². The van der Waals surface area contributed by atoms with Crippen molar-refractivity contribution in [2.45, 2.75) is 25.0 Å². The molecule has 1 aromatic heterocycles. The molecule has 1 spiro atoms. The minimum atomic E-state index is -0.503. The van der Waals surface area contributed by atoms with E-state index in [0.29, 0.717) is 37.1 Å². The molecule has 2 aliphatic heterocycles. The highest BCUT2D eigenvalue weighted by atomic mass is 35.5. The molecule has 128 valence electrons. The van der Waals surface area contributed by atoms with Gasteiger partial charge in [-0.3, -0.25) is 0 Å². The summed E-state index contributed by atoms with van der Waals surface area (Å²) in [6, 6.07) is 11.3. The number of rotatable bonds is 3. The first-order valence-electron chi connectivity index (χ1n) is 8.24. The van der Waals surface area contributed by atoms with Gasteiger partial charge in [0.05, 0.1) is 30.5 Å². The SMILES string of the molecule is N#Cc1cccc(COc2cc(Cl)nc3c2CCOC32CCOC2)c1. The number of hydrogen-bond acceptors (Lipinski definition) is 5. The quantitative estimate of drug-likeness (QED) is 0.789. The average Bonchev–Trinajstić information content (AvgIpc) is 3.10. The number of aromatic nitrogens is 1. The molecule has 1 aromatic carbocycles. The van der Waals surface area contributed by atoms with E-state index in [0.717, 1.165) is 35.4 Å². The van der Waals surface area contributed by atoms with Gasteiger partial charge in [-0.15, -0.1) is 0 Å². The van der Waals surface area contributed by atoms with Crippen LogP contribution in [0.15, 0.2) is 30.3 Å². The van der Waals surface area contributed by atoms with Gasteiger partial charge in [-0.05, 0) is 17.7 Å². The van der Waals surface area contributed by atoms with Crippen LogP contribution in [0, 0.1) is 11.3 Å². The first-order valence-corrected chi connectivity index (χ1v) is 8.61. The van der Waals surface area contributed by atoms with Gasteiger partial charge in [0.2, 0.25) is 0 Å². The molecule has 25 heavy (non-hydrogen) atoms. The second-order valence-corrected chi connectivity index (χ2v) is 6.65. The summed E-state index contributed by atoms with van der Waals surface area (Å²) in [5, 5.41) is 9.40. The van der Waals surface area contributed by atoms with Crippen molar-refractivity contribution in [3.63, 3.8) is 0 Å². The lowest BCUT2D eigenvalue weighted by Gasteiger charge is -2.34. The summed E-state index contributed by atoms with van der Waals surface area (Å²) < 4.78 is 17.6. The van der Waals surface area contributed by atoms with Crippen molar-refractivity contribution in [1.82, 2.24) is 4.98 Å². The Morgan fingerprint density at radius 1 is 1.32 bits per heavy atom. The van der Waals surface area contributed by atoms with Gasteiger partial charge in [0.15, 0.2) is 0 Å². The number of nitriles is 1. The standard InChI is InChI=1S/C19H17ClN2O3/c20-17-9-16(24-11-14-3-1-2-13(8-14)10-21)15-4-6-25-19(18(15)22-17)5-7-23-12-19/h1-3,8-9H,4-7,11-12H2. The van der Waals surface area contributed by atoms with Crippen molar-refractivity contribution >= 4 is 11.6 Å². The average molecular weight is 357 g/mol. The van der Waals surface area contributed by atoms with Crippen molar-refractivity contribution in [3.05, 3.63) is 57.9 Å². The highest BCUT2D eigenvalue weighted by molar-refractivity contribution is 6.29. The molecule has 0 amide bonds. The van der Waals surface area contributed by atoms with Crippen molar-refractivity contribution in [2.75, 3.05) is 19.8 Å². The molecular weight excluding hydrogens is 340 g/mol. The number of fused-ring (bicyclic) bond motifs is 2. The van der Waals surface area contributed by atoms with Crippen LogP contribution in [0.4, 0.5) is 0 Å². The number of benzene rings is 1. The largest absolute Gasteiger partial charge is 0.488 e. The van der Waals surface area contributed by atoms with Crippen LogP contribution in [0.2, 0.25) is 5.15 Å². The molecule has 0 bridgehead atoms. The van der Waals surface area contributed by atoms with Crippen LogP contribution in [0.1, 0.15) is 28.8 Å². The van der Waals surface area contributed by atoms with Crippen LogP contribution in [-0.2, 0) is 28.1 Å². The molecule has 5 nitrogen and oxygen atoms in total. The molecule has 0 radical (unpaired) electrons. The Bertz CT molecular complexity index is 841. The second-order valence-electron chi connectivity index (χ2n) is 6.27. The molecule has 6 heteroatoms. The lowest BCUT2D eigenvalue weighted by molar-refractivity contribution is -0.0670. The number of ether oxygens (including phenoxy) is 3. The fourth-order valence-electron chi connectivity index (χ4n) is 3.42. The van der Waals surface area contributed by atoms with Crippen LogP contribution in [0.3, 0.4) is 0 Å². The maximum Gasteiger partial charge on any atom is 0.136 e. The summed E-state index contributed by atoms with van der Waals surface area (Å²) >= 11 is 6.24. The number of halogens is 1. The predicted molar refractivity (Wildman–Crippen MR) is 91.5 cm³/mol. The van der Waals surface area contributed by atoms with Gasteiger partial charge in [-0.1, -0.05) is 23.7 Å². The highest BCUT2D eigenvalue weighted by Crippen LogP contribution is 2.42. The second kappa shape index (κ2) is 6.64. The number of hydrogen-bond donors (Lipinski definition) is 0. The van der Waals surface area contributed by atoms with E-state index in [4.69, 9.17) is 31.1 Å². The van der Waals surface area contributed by atoms with E-state index < -0.39 is 5.60 Å². The van der Waals surface area contributed by atoms with Gasteiger partial charge in [0.1, 0.15) is 23.1 Å². The van der Waals surface area contributed by atoms with E-state index >= 15 is 0 Å². The van der Waals surface area contributed by atoms with Gasteiger partial charge in [0.25, 0.3) is 0 Å². The molecule has 0 N–H and O–H groups in total. The van der Waals surface area contributed by atoms with Gasteiger partial charge in [-0.25, -0.2) is 4.98 Å². The lowest BCUT2D eigenvalue weighted by atomic mass is 9.90. The fourth-order valence-corrected chi connectivity index (χ4v) is 3.60. The Hall–Kier alpha value is -2.13. The Morgan fingerprint density at radius 3 is 3.04 bits per heavy atom.